The first-order valence-electron chi connectivity index (χ1n) is 24.5. The molecule has 0 aliphatic heterocycles. The van der Waals surface area contributed by atoms with Gasteiger partial charge in [0.15, 0.2) is 0 Å². The highest BCUT2D eigenvalue weighted by Crippen LogP contribution is 2.24. The van der Waals surface area contributed by atoms with Gasteiger partial charge < -0.3 is 13.3 Å². The van der Waals surface area contributed by atoms with E-state index in [0.29, 0.717) is 18.9 Å². The first-order chi connectivity index (χ1) is 27.5. The molecule has 0 aliphatic rings. The lowest BCUT2D eigenvalue weighted by Gasteiger charge is -2.27. The van der Waals surface area contributed by atoms with Crippen LogP contribution in [0.3, 0.4) is 0 Å². The Bertz CT molecular complexity index is 836. The molecule has 0 aliphatic carbocycles. The second kappa shape index (κ2) is 45.0. The van der Waals surface area contributed by atoms with E-state index in [1.807, 2.05) is 0 Å². The first kappa shape index (κ1) is 55.0. The highest BCUT2D eigenvalue weighted by Gasteiger charge is 2.47. The van der Waals surface area contributed by atoms with Gasteiger partial charge in [0.25, 0.3) is 11.9 Å². The van der Waals surface area contributed by atoms with Crippen molar-refractivity contribution in [3.63, 3.8) is 0 Å². The Morgan fingerprint density at radius 1 is 0.429 bits per heavy atom. The Labute approximate surface area is 354 Å². The second-order valence-electron chi connectivity index (χ2n) is 16.8. The van der Waals surface area contributed by atoms with Gasteiger partial charge in [0, 0.05) is 31.7 Å². The van der Waals surface area contributed by atoms with E-state index < -0.39 is 8.80 Å². The van der Waals surface area contributed by atoms with Crippen molar-refractivity contribution in [2.75, 3.05) is 12.9 Å². The number of unbranched alkanes of at least 4 members (excludes halogenated alkanes) is 35. The molecular formula is C48H93NO5SSi. The first-order valence-corrected chi connectivity index (χ1v) is 27.4. The van der Waals surface area contributed by atoms with E-state index in [1.54, 1.807) is 7.11 Å². The van der Waals surface area contributed by atoms with Crippen LogP contribution in [0.1, 0.15) is 271 Å². The molecule has 0 rings (SSSR count). The van der Waals surface area contributed by atoms with Crippen LogP contribution in [0.2, 0.25) is 6.04 Å². The maximum atomic E-state index is 13.1. The lowest BCUT2D eigenvalue weighted by Crippen LogP contribution is -2.48. The molecule has 0 amide bonds. The second-order valence-corrected chi connectivity index (χ2v) is 20.3. The number of carbonyl (C=O) groups is 2. The molecule has 0 fully saturated rings. The molecule has 0 atom stereocenters. The summed E-state index contributed by atoms with van der Waals surface area (Å²) in [5.74, 6) is 0.376. The minimum Gasteiger partial charge on any atom is -0.464 e. The summed E-state index contributed by atoms with van der Waals surface area (Å²) in [6, 6.07) is 0.504. The van der Waals surface area contributed by atoms with Crippen LogP contribution >= 0.6 is 11.8 Å². The highest BCUT2D eigenvalue weighted by molar-refractivity contribution is 8.03. The van der Waals surface area contributed by atoms with E-state index in [0.717, 1.165) is 70.0 Å². The van der Waals surface area contributed by atoms with Crippen LogP contribution in [0.4, 0.5) is 0 Å². The smallest absolute Gasteiger partial charge is 0.464 e. The van der Waals surface area contributed by atoms with Gasteiger partial charge in [-0.3, -0.25) is 9.59 Å². The summed E-state index contributed by atoms with van der Waals surface area (Å²) in [5, 5.41) is 10.8. The third-order valence-electron chi connectivity index (χ3n) is 11.4. The standard InChI is InChI=1S/C48H93NO5SSi/c1-4-6-8-10-12-14-16-18-20-22-24-26-30-34-38-42-47(50)53-56(52-3,45-41-37-33-29-28-32-36-40-44-55-46-49)54-48(51)43-39-35-31-27-25-23-21-19-17-15-13-11-9-7-5-2/h4-45H2,1-3H3. The van der Waals surface area contributed by atoms with Gasteiger partial charge in [-0.2, -0.15) is 5.26 Å². The fourth-order valence-electron chi connectivity index (χ4n) is 7.66. The van der Waals surface area contributed by atoms with E-state index in [4.69, 9.17) is 18.5 Å². The molecule has 8 heteroatoms. The van der Waals surface area contributed by atoms with Crippen molar-refractivity contribution in [1.82, 2.24) is 0 Å². The molecule has 0 aromatic carbocycles. The van der Waals surface area contributed by atoms with E-state index in [1.165, 1.54) is 192 Å². The normalized spacial score (nSPS) is 11.5. The molecule has 0 N–H and O–H groups in total. The van der Waals surface area contributed by atoms with Crippen molar-refractivity contribution in [3.8, 4) is 5.40 Å². The molecule has 0 spiro atoms. The number of nitriles is 1. The topological polar surface area (TPSA) is 85.6 Å². The maximum absolute atomic E-state index is 13.1. The van der Waals surface area contributed by atoms with Gasteiger partial charge in [-0.25, -0.2) is 0 Å². The molecule has 0 saturated heterocycles. The fourth-order valence-corrected chi connectivity index (χ4v) is 10.3. The zero-order valence-corrected chi connectivity index (χ0v) is 39.4. The van der Waals surface area contributed by atoms with Gasteiger partial charge in [-0.05, 0) is 37.4 Å². The van der Waals surface area contributed by atoms with Crippen molar-refractivity contribution in [3.05, 3.63) is 0 Å². The van der Waals surface area contributed by atoms with E-state index in [9.17, 15) is 9.59 Å². The number of hydrogen-bond donors (Lipinski definition) is 0. The molecule has 6 nitrogen and oxygen atoms in total. The van der Waals surface area contributed by atoms with Gasteiger partial charge in [0.1, 0.15) is 5.40 Å². The minimum atomic E-state index is -3.44. The minimum absolute atomic E-state index is 0.275. The largest absolute Gasteiger partial charge is 0.635 e. The van der Waals surface area contributed by atoms with Gasteiger partial charge >= 0.3 is 8.80 Å². The Kier molecular flexibility index (Phi) is 44.2. The molecule has 0 bridgehead atoms. The predicted molar refractivity (Wildman–Crippen MR) is 244 cm³/mol. The summed E-state index contributed by atoms with van der Waals surface area (Å²) in [6.07, 6.45) is 48.2. The Morgan fingerprint density at radius 3 is 0.982 bits per heavy atom. The summed E-state index contributed by atoms with van der Waals surface area (Å²) in [5.41, 5.74) is 0. The third kappa shape index (κ3) is 39.8. The Hall–Kier alpha value is -1.04. The monoisotopic (exact) mass is 824 g/mol. The summed E-state index contributed by atoms with van der Waals surface area (Å²) < 4.78 is 17.9. The number of hydrogen-bond acceptors (Lipinski definition) is 7. The van der Waals surface area contributed by atoms with Crippen LogP contribution in [0, 0.1) is 10.7 Å². The molecule has 0 unspecified atom stereocenters. The summed E-state index contributed by atoms with van der Waals surface area (Å²) >= 11 is 1.35. The Balaban J connectivity index is 4.42. The summed E-state index contributed by atoms with van der Waals surface area (Å²) in [6.45, 7) is 4.56. The number of thioether (sulfide) groups is 1. The average Bonchev–Trinajstić information content (AvgIpc) is 3.19. The van der Waals surface area contributed by atoms with Gasteiger partial charge in [0.05, 0.1) is 0 Å². The molecule has 0 saturated carbocycles. The molecular weight excluding hydrogens is 731 g/mol. The molecule has 56 heavy (non-hydrogen) atoms. The van der Waals surface area contributed by atoms with Crippen molar-refractivity contribution in [1.29, 1.82) is 5.26 Å². The van der Waals surface area contributed by atoms with E-state index >= 15 is 0 Å². The molecule has 330 valence electrons. The van der Waals surface area contributed by atoms with Crippen LogP contribution in [0.25, 0.3) is 0 Å². The number of carbonyl (C=O) groups excluding carboxylic acids is 2. The van der Waals surface area contributed by atoms with E-state index in [2.05, 4.69) is 19.2 Å². The number of nitrogens with zero attached hydrogens (tertiary/aromatic N) is 1. The predicted octanol–water partition coefficient (Wildman–Crippen LogP) is 16.5. The maximum Gasteiger partial charge on any atom is 0.635 e. The van der Waals surface area contributed by atoms with Gasteiger partial charge in [-0.1, -0.05) is 232 Å². The highest BCUT2D eigenvalue weighted by atomic mass is 32.2. The summed E-state index contributed by atoms with van der Waals surface area (Å²) in [4.78, 5) is 26.1. The molecule has 0 radical (unpaired) electrons. The fraction of sp³-hybridized carbons (Fsp3) is 0.938. The number of thiocyanates is 1. The van der Waals surface area contributed by atoms with Crippen LogP contribution in [0.15, 0.2) is 0 Å². The molecule has 0 aromatic heterocycles. The van der Waals surface area contributed by atoms with Crippen molar-refractivity contribution in [2.24, 2.45) is 0 Å². The van der Waals surface area contributed by atoms with Crippen LogP contribution < -0.4 is 0 Å². The quantitative estimate of drug-likeness (QED) is 0.0343. The molecule has 0 aromatic rings. The lowest BCUT2D eigenvalue weighted by molar-refractivity contribution is -0.145. The van der Waals surface area contributed by atoms with Crippen LogP contribution in [0.5, 0.6) is 0 Å². The van der Waals surface area contributed by atoms with Gasteiger partial charge in [-0.15, -0.1) is 0 Å². The van der Waals surface area contributed by atoms with Crippen molar-refractivity contribution >= 4 is 32.5 Å². The average molecular weight is 824 g/mol. The Morgan fingerprint density at radius 2 is 0.696 bits per heavy atom. The third-order valence-corrected chi connectivity index (χ3v) is 14.6. The van der Waals surface area contributed by atoms with Crippen LogP contribution in [-0.2, 0) is 22.9 Å². The van der Waals surface area contributed by atoms with Crippen molar-refractivity contribution < 1.29 is 22.9 Å². The van der Waals surface area contributed by atoms with Crippen molar-refractivity contribution in [2.45, 2.75) is 277 Å². The lowest BCUT2D eigenvalue weighted by atomic mass is 10.0. The zero-order valence-electron chi connectivity index (χ0n) is 37.6. The van der Waals surface area contributed by atoms with Gasteiger partial charge in [0.2, 0.25) is 0 Å². The van der Waals surface area contributed by atoms with E-state index in [-0.39, 0.29) is 11.9 Å². The number of rotatable bonds is 46. The SMILES string of the molecule is CCCCCCCCCCCCCCCCCC(=O)O[Si](CCCCCCCCCCSC#N)(OC)OC(=O)CCCCCCCCCCCCCCCCC. The zero-order chi connectivity index (χ0) is 40.9. The van der Waals surface area contributed by atoms with Crippen LogP contribution in [-0.4, -0.2) is 33.6 Å². The summed E-state index contributed by atoms with van der Waals surface area (Å²) in [7, 11) is -1.88. The molecule has 0 heterocycles.